The molecule has 2 fully saturated rings. The minimum Gasteiger partial charge on any atom is -0.493 e. The number of benzene rings is 2. The summed E-state index contributed by atoms with van der Waals surface area (Å²) in [5.74, 6) is 3.37. The zero-order valence-electron chi connectivity index (χ0n) is 38.6. The van der Waals surface area contributed by atoms with Crippen LogP contribution in [0.15, 0.2) is 61.3 Å². The number of hydrogen-bond donors (Lipinski definition) is 1. The van der Waals surface area contributed by atoms with E-state index in [0.29, 0.717) is 101 Å². The molecule has 1 saturated carbocycles. The maximum atomic E-state index is 15.1. The largest absolute Gasteiger partial charge is 0.493 e. The highest BCUT2D eigenvalue weighted by Gasteiger charge is 2.58. The lowest BCUT2D eigenvalue weighted by molar-refractivity contribution is -0.153. The molecule has 5 aromatic rings. The van der Waals surface area contributed by atoms with E-state index in [1.165, 1.54) is 5.56 Å². The molecule has 1 saturated heterocycles. The number of aromatic nitrogens is 5. The zero-order valence-corrected chi connectivity index (χ0v) is 38.6. The molecule has 344 valence electrons. The van der Waals surface area contributed by atoms with Crippen LogP contribution in [0.1, 0.15) is 66.5 Å². The van der Waals surface area contributed by atoms with Gasteiger partial charge in [0.1, 0.15) is 12.1 Å². The minimum absolute atomic E-state index is 0.110. The monoisotopic (exact) mass is 886 g/mol. The van der Waals surface area contributed by atoms with Crippen molar-refractivity contribution in [2.45, 2.75) is 63.6 Å². The first-order valence-electron chi connectivity index (χ1n) is 23.0. The Morgan fingerprint density at radius 2 is 1.54 bits per heavy atom. The molecule has 1 N–H and O–H groups in total. The molecule has 0 radical (unpaired) electrons. The summed E-state index contributed by atoms with van der Waals surface area (Å²) in [6.45, 7) is 7.98. The van der Waals surface area contributed by atoms with Crippen molar-refractivity contribution in [1.82, 2.24) is 44.7 Å². The van der Waals surface area contributed by atoms with E-state index in [1.54, 1.807) is 47.2 Å². The number of ether oxygens (including phenoxy) is 4. The normalized spacial score (nSPS) is 22.1. The van der Waals surface area contributed by atoms with Gasteiger partial charge in [-0.3, -0.25) is 19.5 Å². The van der Waals surface area contributed by atoms with Crippen molar-refractivity contribution in [3.8, 4) is 23.0 Å². The minimum atomic E-state index is -0.743. The van der Waals surface area contributed by atoms with Crippen LogP contribution in [-0.4, -0.2) is 139 Å². The number of hydrogen-bond acceptors (Lipinski definition) is 13. The summed E-state index contributed by atoms with van der Waals surface area (Å²) in [6.07, 6.45) is 10.8. The number of fused-ring (bicyclic) bond motifs is 4. The first-order chi connectivity index (χ1) is 31.8. The molecule has 4 atom stereocenters. The fourth-order valence-corrected chi connectivity index (χ4v) is 11.5. The van der Waals surface area contributed by atoms with Crippen LogP contribution in [0.4, 0.5) is 5.82 Å². The van der Waals surface area contributed by atoms with Gasteiger partial charge in [-0.2, -0.15) is 5.10 Å². The molecule has 4 aliphatic rings. The average molecular weight is 887 g/mol. The molecular weight excluding hydrogens is 825 g/mol. The molecule has 3 aliphatic heterocycles. The van der Waals surface area contributed by atoms with E-state index < -0.39 is 5.54 Å². The maximum Gasteiger partial charge on any atom is 0.225 e. The summed E-state index contributed by atoms with van der Waals surface area (Å²) in [5, 5.41) is 8.79. The van der Waals surface area contributed by atoms with Gasteiger partial charge in [0, 0.05) is 82.5 Å². The van der Waals surface area contributed by atoms with Gasteiger partial charge >= 0.3 is 0 Å². The van der Waals surface area contributed by atoms with Crippen molar-refractivity contribution in [2.24, 2.45) is 11.8 Å². The van der Waals surface area contributed by atoms with Crippen molar-refractivity contribution < 1.29 is 28.5 Å². The number of carbonyl (C=O) groups is 2. The maximum absolute atomic E-state index is 15.1. The first-order valence-corrected chi connectivity index (χ1v) is 23.0. The van der Waals surface area contributed by atoms with Crippen molar-refractivity contribution >= 4 is 28.7 Å². The predicted molar refractivity (Wildman–Crippen MR) is 247 cm³/mol. The van der Waals surface area contributed by atoms with Crippen molar-refractivity contribution in [3.05, 3.63) is 89.1 Å². The fourth-order valence-electron chi connectivity index (χ4n) is 11.5. The molecule has 3 aromatic heterocycles. The second-order valence-corrected chi connectivity index (χ2v) is 17.6. The zero-order chi connectivity index (χ0) is 45.2. The van der Waals surface area contributed by atoms with E-state index >= 15 is 4.79 Å². The third-order valence-electron chi connectivity index (χ3n) is 14.6. The van der Waals surface area contributed by atoms with E-state index in [-0.39, 0.29) is 29.7 Å². The lowest BCUT2D eigenvalue weighted by atomic mass is 9.58. The molecule has 1 aliphatic carbocycles. The van der Waals surface area contributed by atoms with Crippen LogP contribution in [0, 0.1) is 11.8 Å². The first kappa shape index (κ1) is 44.2. The van der Waals surface area contributed by atoms with Gasteiger partial charge < -0.3 is 39.0 Å². The van der Waals surface area contributed by atoms with Crippen LogP contribution in [0.5, 0.6) is 23.0 Å². The summed E-state index contributed by atoms with van der Waals surface area (Å²) in [4.78, 5) is 52.5. The number of methoxy groups -OCH3 is 4. The Bertz CT molecular complexity index is 2510. The molecular formula is C49H62N10O6. The molecule has 16 nitrogen and oxygen atoms in total. The van der Waals surface area contributed by atoms with E-state index in [2.05, 4.69) is 71.2 Å². The van der Waals surface area contributed by atoms with Gasteiger partial charge in [0.25, 0.3) is 0 Å². The number of rotatable bonds is 13. The second-order valence-electron chi connectivity index (χ2n) is 17.6. The summed E-state index contributed by atoms with van der Waals surface area (Å²) in [5.41, 5.74) is 5.73. The van der Waals surface area contributed by atoms with Crippen LogP contribution >= 0.6 is 0 Å². The molecule has 65 heavy (non-hydrogen) atoms. The number of nitrogens with zero attached hydrogens (tertiary/aromatic N) is 9. The molecule has 9 rings (SSSR count). The molecule has 2 unspecified atom stereocenters. The Balaban J connectivity index is 1.07. The summed E-state index contributed by atoms with van der Waals surface area (Å²) in [6, 6.07) is 12.3. The topological polar surface area (TPSA) is 153 Å². The van der Waals surface area contributed by atoms with Crippen molar-refractivity contribution in [3.63, 3.8) is 0 Å². The second kappa shape index (κ2) is 18.8. The van der Waals surface area contributed by atoms with Crippen LogP contribution in [0.3, 0.4) is 0 Å². The lowest BCUT2D eigenvalue weighted by Crippen LogP contribution is -2.63. The molecule has 16 heteroatoms. The molecule has 0 bridgehead atoms. The summed E-state index contributed by atoms with van der Waals surface area (Å²) < 4.78 is 25.5. The van der Waals surface area contributed by atoms with Gasteiger partial charge in [-0.25, -0.2) is 14.6 Å². The highest BCUT2D eigenvalue weighted by atomic mass is 16.5. The van der Waals surface area contributed by atoms with E-state index in [0.717, 1.165) is 58.6 Å². The average Bonchev–Trinajstić information content (AvgIpc) is 3.77. The summed E-state index contributed by atoms with van der Waals surface area (Å²) in [7, 11) is 8.58. The Labute approximate surface area is 381 Å². The van der Waals surface area contributed by atoms with Crippen LogP contribution < -0.4 is 29.2 Å². The number of pyridine rings is 1. The quantitative estimate of drug-likeness (QED) is 0.171. The van der Waals surface area contributed by atoms with Gasteiger partial charge in [-0.15, -0.1) is 0 Å². The highest BCUT2D eigenvalue weighted by Crippen LogP contribution is 2.59. The Morgan fingerprint density at radius 1 is 0.846 bits per heavy atom. The van der Waals surface area contributed by atoms with E-state index in [9.17, 15) is 4.79 Å². The van der Waals surface area contributed by atoms with Crippen LogP contribution in [0.2, 0.25) is 0 Å². The number of amides is 2. The molecule has 1 spiro atoms. The van der Waals surface area contributed by atoms with Gasteiger partial charge in [0.05, 0.1) is 52.1 Å². The summed E-state index contributed by atoms with van der Waals surface area (Å²) >= 11 is 0. The van der Waals surface area contributed by atoms with Gasteiger partial charge in [-0.1, -0.05) is 6.92 Å². The van der Waals surface area contributed by atoms with Gasteiger partial charge in [0.2, 0.25) is 11.8 Å². The highest BCUT2D eigenvalue weighted by molar-refractivity contribution is 5.87. The van der Waals surface area contributed by atoms with Crippen molar-refractivity contribution in [1.29, 1.82) is 0 Å². The number of nitrogens with one attached hydrogen (secondary N) is 1. The third kappa shape index (κ3) is 7.98. The van der Waals surface area contributed by atoms with Crippen LogP contribution in [0.25, 0.3) is 11.0 Å². The van der Waals surface area contributed by atoms with Crippen LogP contribution in [-0.2, 0) is 34.5 Å². The van der Waals surface area contributed by atoms with Gasteiger partial charge in [-0.05, 0) is 110 Å². The van der Waals surface area contributed by atoms with Crippen molar-refractivity contribution in [2.75, 3.05) is 92.7 Å². The van der Waals surface area contributed by atoms with Gasteiger partial charge in [0.15, 0.2) is 28.6 Å². The number of anilines is 1. The standard InChI is InChI=1S/C49H62N10O6/c1-7-55-18-12-33-25-40(62-3)42(64-5)27-36(33)45(55)39-24-35(8-14-49(39)38-28-43(65-6)41(63-4)26-34(38)13-19-58(49)44(60)11-15-50-2)48(61)57-22-20-56(21-23-57)46-37-29-54-59(47(37)53-31-52-46)30-32-9-16-51-17-10-32/h9-10,16-17,25-29,31,35,39,45,50H,7-8,11-15,18-24,30H2,1-6H3/t35-,39?,45?,49+/m1/s1. The number of piperazine rings is 1. The lowest BCUT2D eigenvalue weighted by Gasteiger charge is -2.59. The SMILES string of the molecule is CCN1CCc2cc(OC)c(OC)cc2C1C1C[C@H](C(=O)N2CCN(c3ncnc4c3cnn4Cc3ccncc3)CC2)CC[C@]12c1cc(OC)c(OC)cc1CCN2C(=O)CCNC. The Kier molecular flexibility index (Phi) is 12.8. The molecule has 2 amide bonds. The molecule has 2 aromatic carbocycles. The Morgan fingerprint density at radius 3 is 2.25 bits per heavy atom. The number of carbonyl (C=O) groups excluding carboxylic acids is 2. The fraction of sp³-hybridized carbons (Fsp3) is 0.510. The molecule has 6 heterocycles. The third-order valence-corrected chi connectivity index (χ3v) is 14.6. The number of likely N-dealkylation sites (N-methyl/N-ethyl adjacent to an activating group) is 1. The van der Waals surface area contributed by atoms with E-state index in [4.69, 9.17) is 23.9 Å². The Hall–Kier alpha value is -6.00. The smallest absolute Gasteiger partial charge is 0.225 e. The van der Waals surface area contributed by atoms with E-state index in [1.807, 2.05) is 30.1 Å². The predicted octanol–water partition coefficient (Wildman–Crippen LogP) is 4.88.